The summed E-state index contributed by atoms with van der Waals surface area (Å²) in [6.07, 6.45) is 0. The zero-order valence-corrected chi connectivity index (χ0v) is 14.4. The molecule has 8 heteroatoms. The first-order valence-corrected chi connectivity index (χ1v) is 8.65. The molecule has 2 aromatic rings. The molecule has 0 bridgehead atoms. The van der Waals surface area contributed by atoms with E-state index >= 15 is 0 Å². The van der Waals surface area contributed by atoms with Crippen LogP contribution in [0.5, 0.6) is 0 Å². The SMILES string of the molecule is CCOC(=O)CN1CSc2nnc(-c3ccccc3Br)n2C1. The molecule has 0 atom stereocenters. The van der Waals surface area contributed by atoms with Gasteiger partial charge in [0.05, 0.1) is 25.7 Å². The standard InChI is InChI=1S/C14H15BrN4O2S/c1-2-21-12(20)7-18-8-19-13(16-17-14(19)22-9-18)10-5-3-4-6-11(10)15/h3-6H,2,7-9H2,1H3. The molecule has 0 aliphatic carbocycles. The molecular formula is C14H15BrN4O2S. The first kappa shape index (κ1) is 15.5. The fourth-order valence-corrected chi connectivity index (χ4v) is 3.57. The van der Waals surface area contributed by atoms with Crippen molar-refractivity contribution in [3.05, 3.63) is 28.7 Å². The number of carbonyl (C=O) groups is 1. The van der Waals surface area contributed by atoms with Crippen LogP contribution in [0.3, 0.4) is 0 Å². The lowest BCUT2D eigenvalue weighted by Gasteiger charge is -2.26. The number of esters is 1. The Morgan fingerprint density at radius 1 is 1.41 bits per heavy atom. The molecule has 1 aliphatic rings. The Labute approximate surface area is 141 Å². The van der Waals surface area contributed by atoms with Gasteiger partial charge in [0, 0.05) is 10.0 Å². The third-order valence-electron chi connectivity index (χ3n) is 3.21. The summed E-state index contributed by atoms with van der Waals surface area (Å²) in [6.45, 7) is 3.06. The fraction of sp³-hybridized carbons (Fsp3) is 0.357. The summed E-state index contributed by atoms with van der Waals surface area (Å²) in [4.78, 5) is 13.7. The molecule has 22 heavy (non-hydrogen) atoms. The maximum absolute atomic E-state index is 11.6. The Bertz CT molecular complexity index is 691. The molecule has 0 spiro atoms. The van der Waals surface area contributed by atoms with Crippen molar-refractivity contribution in [3.8, 4) is 11.4 Å². The normalized spacial score (nSPS) is 14.6. The van der Waals surface area contributed by atoms with Gasteiger partial charge in [-0.3, -0.25) is 14.3 Å². The van der Waals surface area contributed by atoms with Crippen LogP contribution in [0.1, 0.15) is 6.92 Å². The number of carbonyl (C=O) groups excluding carboxylic acids is 1. The number of ether oxygens (including phenoxy) is 1. The summed E-state index contributed by atoms with van der Waals surface area (Å²) in [7, 11) is 0. The van der Waals surface area contributed by atoms with Crippen LogP contribution in [0.15, 0.2) is 33.9 Å². The smallest absolute Gasteiger partial charge is 0.320 e. The first-order valence-electron chi connectivity index (χ1n) is 6.88. The van der Waals surface area contributed by atoms with Crippen LogP contribution in [-0.2, 0) is 16.2 Å². The summed E-state index contributed by atoms with van der Waals surface area (Å²) in [5, 5.41) is 9.40. The number of nitrogens with zero attached hydrogens (tertiary/aromatic N) is 4. The lowest BCUT2D eigenvalue weighted by Crippen LogP contribution is -2.35. The second-order valence-corrected chi connectivity index (χ2v) is 6.53. The average Bonchev–Trinajstić information content (AvgIpc) is 2.91. The molecule has 0 N–H and O–H groups in total. The number of benzene rings is 1. The van der Waals surface area contributed by atoms with E-state index in [1.165, 1.54) is 0 Å². The van der Waals surface area contributed by atoms with E-state index in [9.17, 15) is 4.79 Å². The number of hydrogen-bond acceptors (Lipinski definition) is 6. The summed E-state index contributed by atoms with van der Waals surface area (Å²) >= 11 is 5.12. The highest BCUT2D eigenvalue weighted by Gasteiger charge is 2.24. The second-order valence-electron chi connectivity index (χ2n) is 4.76. The Hall–Kier alpha value is -1.38. The molecule has 1 aromatic carbocycles. The Morgan fingerprint density at radius 3 is 3.00 bits per heavy atom. The van der Waals surface area contributed by atoms with Crippen molar-refractivity contribution < 1.29 is 9.53 Å². The molecule has 116 valence electrons. The van der Waals surface area contributed by atoms with Gasteiger partial charge in [0.15, 0.2) is 11.0 Å². The van der Waals surface area contributed by atoms with E-state index in [2.05, 4.69) is 26.1 Å². The van der Waals surface area contributed by atoms with Gasteiger partial charge in [-0.25, -0.2) is 0 Å². The van der Waals surface area contributed by atoms with Crippen molar-refractivity contribution in [3.63, 3.8) is 0 Å². The van der Waals surface area contributed by atoms with Gasteiger partial charge >= 0.3 is 5.97 Å². The predicted octanol–water partition coefficient (Wildman–Crippen LogP) is 2.59. The molecule has 2 heterocycles. The molecular weight excluding hydrogens is 368 g/mol. The quantitative estimate of drug-likeness (QED) is 0.757. The minimum atomic E-state index is -0.206. The highest BCUT2D eigenvalue weighted by Crippen LogP contribution is 2.32. The van der Waals surface area contributed by atoms with E-state index in [-0.39, 0.29) is 12.5 Å². The highest BCUT2D eigenvalue weighted by atomic mass is 79.9. The van der Waals surface area contributed by atoms with Crippen LogP contribution in [0.4, 0.5) is 0 Å². The van der Waals surface area contributed by atoms with E-state index < -0.39 is 0 Å². The van der Waals surface area contributed by atoms with Gasteiger partial charge in [0.1, 0.15) is 0 Å². The number of rotatable bonds is 4. The first-order chi connectivity index (χ1) is 10.7. The van der Waals surface area contributed by atoms with Crippen molar-refractivity contribution in [2.45, 2.75) is 18.7 Å². The third-order valence-corrected chi connectivity index (χ3v) is 4.95. The van der Waals surface area contributed by atoms with E-state index in [4.69, 9.17) is 4.74 Å². The minimum Gasteiger partial charge on any atom is -0.465 e. The Morgan fingerprint density at radius 2 is 2.23 bits per heavy atom. The van der Waals surface area contributed by atoms with Gasteiger partial charge in [0.2, 0.25) is 0 Å². The summed E-state index contributed by atoms with van der Waals surface area (Å²) < 4.78 is 8.00. The van der Waals surface area contributed by atoms with E-state index in [1.54, 1.807) is 11.8 Å². The molecule has 0 unspecified atom stereocenters. The number of aromatic nitrogens is 3. The zero-order valence-electron chi connectivity index (χ0n) is 12.0. The van der Waals surface area contributed by atoms with E-state index in [0.29, 0.717) is 19.2 Å². The van der Waals surface area contributed by atoms with Gasteiger partial charge in [-0.05, 0) is 13.0 Å². The minimum absolute atomic E-state index is 0.206. The average molecular weight is 383 g/mol. The van der Waals surface area contributed by atoms with Crippen LogP contribution < -0.4 is 0 Å². The van der Waals surface area contributed by atoms with Crippen molar-refractivity contribution in [2.24, 2.45) is 0 Å². The second kappa shape index (κ2) is 6.80. The van der Waals surface area contributed by atoms with Gasteiger partial charge in [0.25, 0.3) is 0 Å². The van der Waals surface area contributed by atoms with Crippen LogP contribution >= 0.6 is 27.7 Å². The van der Waals surface area contributed by atoms with Crippen molar-refractivity contribution in [1.82, 2.24) is 19.7 Å². The Kier molecular flexibility index (Phi) is 4.80. The molecule has 1 aliphatic heterocycles. The van der Waals surface area contributed by atoms with Crippen LogP contribution in [0, 0.1) is 0 Å². The van der Waals surface area contributed by atoms with Crippen molar-refractivity contribution in [1.29, 1.82) is 0 Å². The summed E-state index contributed by atoms with van der Waals surface area (Å²) in [5.74, 6) is 1.29. The van der Waals surface area contributed by atoms with E-state index in [1.807, 2.05) is 40.7 Å². The molecule has 1 aromatic heterocycles. The van der Waals surface area contributed by atoms with Gasteiger partial charge in [-0.1, -0.05) is 45.9 Å². The molecule has 0 saturated carbocycles. The van der Waals surface area contributed by atoms with Crippen LogP contribution in [0.2, 0.25) is 0 Å². The van der Waals surface area contributed by atoms with Gasteiger partial charge in [-0.15, -0.1) is 10.2 Å². The largest absolute Gasteiger partial charge is 0.465 e. The summed E-state index contributed by atoms with van der Waals surface area (Å²) in [6, 6.07) is 7.90. The van der Waals surface area contributed by atoms with Crippen molar-refractivity contribution >= 4 is 33.7 Å². The fourth-order valence-electron chi connectivity index (χ4n) is 2.24. The molecule has 0 radical (unpaired) electrons. The number of halogens is 1. The zero-order chi connectivity index (χ0) is 15.5. The summed E-state index contributed by atoms with van der Waals surface area (Å²) in [5.41, 5.74) is 0.986. The topological polar surface area (TPSA) is 60.2 Å². The van der Waals surface area contributed by atoms with Gasteiger partial charge in [-0.2, -0.15) is 0 Å². The van der Waals surface area contributed by atoms with Crippen molar-refractivity contribution in [2.75, 3.05) is 19.0 Å². The van der Waals surface area contributed by atoms with E-state index in [0.717, 1.165) is 21.0 Å². The van der Waals surface area contributed by atoms with Gasteiger partial charge < -0.3 is 4.74 Å². The monoisotopic (exact) mass is 382 g/mol. The molecule has 3 rings (SSSR count). The van der Waals surface area contributed by atoms with Crippen LogP contribution in [-0.4, -0.2) is 44.7 Å². The lowest BCUT2D eigenvalue weighted by molar-refractivity contribution is -0.144. The highest BCUT2D eigenvalue weighted by molar-refractivity contribution is 9.10. The molecule has 0 amide bonds. The molecule has 0 fully saturated rings. The third kappa shape index (κ3) is 3.18. The predicted molar refractivity (Wildman–Crippen MR) is 87.2 cm³/mol. The maximum atomic E-state index is 11.6. The number of thioether (sulfide) groups is 1. The molecule has 6 nitrogen and oxygen atoms in total. The number of hydrogen-bond donors (Lipinski definition) is 0. The lowest BCUT2D eigenvalue weighted by atomic mass is 10.2. The molecule has 0 saturated heterocycles. The maximum Gasteiger partial charge on any atom is 0.320 e. The number of fused-ring (bicyclic) bond motifs is 1. The van der Waals surface area contributed by atoms with Crippen LogP contribution in [0.25, 0.3) is 11.4 Å². The Balaban J connectivity index is 1.83.